The van der Waals surface area contributed by atoms with E-state index in [2.05, 4.69) is 33.6 Å². The van der Waals surface area contributed by atoms with Crippen molar-refractivity contribution in [1.29, 1.82) is 0 Å². The number of carboxylic acids is 1. The van der Waals surface area contributed by atoms with Gasteiger partial charge in [-0.05, 0) is 31.4 Å². The van der Waals surface area contributed by atoms with Gasteiger partial charge in [0.25, 0.3) is 0 Å². The third-order valence-corrected chi connectivity index (χ3v) is 5.99. The number of fused-ring (bicyclic) bond motifs is 1. The second-order valence-corrected chi connectivity index (χ2v) is 8.91. The third kappa shape index (κ3) is 8.48. The highest BCUT2D eigenvalue weighted by atomic mass is 32.1. The number of rotatable bonds is 14. The number of amides is 4. The molecule has 2 rings (SSSR count). The molecule has 0 fully saturated rings. The van der Waals surface area contributed by atoms with Crippen LogP contribution in [0.1, 0.15) is 25.3 Å². The summed E-state index contributed by atoms with van der Waals surface area (Å²) in [7, 11) is 0. The smallest absolute Gasteiger partial charge is 0.326 e. The fourth-order valence-electron chi connectivity index (χ4n) is 3.57. The van der Waals surface area contributed by atoms with Crippen LogP contribution in [-0.4, -0.2) is 80.8 Å². The highest BCUT2D eigenvalue weighted by Crippen LogP contribution is 2.18. The van der Waals surface area contributed by atoms with Crippen molar-refractivity contribution in [1.82, 2.24) is 20.9 Å². The molecule has 202 valence electrons. The van der Waals surface area contributed by atoms with Crippen LogP contribution in [0.4, 0.5) is 0 Å². The van der Waals surface area contributed by atoms with Crippen molar-refractivity contribution in [3.63, 3.8) is 0 Å². The molecule has 2 aromatic rings. The van der Waals surface area contributed by atoms with Crippen LogP contribution in [0.25, 0.3) is 10.9 Å². The van der Waals surface area contributed by atoms with Gasteiger partial charge in [-0.3, -0.25) is 19.2 Å². The van der Waals surface area contributed by atoms with Crippen LogP contribution in [0, 0.1) is 0 Å². The number of nitrogens with two attached hydrogens (primary N) is 2. The fraction of sp³-hybridized carbons (Fsp3) is 0.435. The first-order valence-electron chi connectivity index (χ1n) is 11.5. The minimum Gasteiger partial charge on any atom is -0.480 e. The second-order valence-electron chi connectivity index (χ2n) is 8.55. The first-order chi connectivity index (χ1) is 17.4. The number of carbonyl (C=O) groups excluding carboxylic acids is 4. The average Bonchev–Trinajstić information content (AvgIpc) is 3.25. The van der Waals surface area contributed by atoms with Gasteiger partial charge in [-0.2, -0.15) is 12.6 Å². The summed E-state index contributed by atoms with van der Waals surface area (Å²) in [5.74, 6) is -4.83. The van der Waals surface area contributed by atoms with Gasteiger partial charge in [-0.1, -0.05) is 18.2 Å². The molecule has 13 nitrogen and oxygen atoms in total. The number of carboxylic acid groups (broad SMARTS) is 1. The molecule has 1 aromatic heterocycles. The molecule has 5 atom stereocenters. The van der Waals surface area contributed by atoms with Crippen LogP contribution >= 0.6 is 12.6 Å². The molecule has 0 bridgehead atoms. The Labute approximate surface area is 218 Å². The van der Waals surface area contributed by atoms with Gasteiger partial charge in [-0.15, -0.1) is 0 Å². The number of aliphatic carboxylic acids is 1. The monoisotopic (exact) mass is 536 g/mol. The predicted octanol–water partition coefficient (Wildman–Crippen LogP) is -1.85. The maximum absolute atomic E-state index is 12.8. The predicted molar refractivity (Wildman–Crippen MR) is 137 cm³/mol. The summed E-state index contributed by atoms with van der Waals surface area (Å²) in [6.45, 7) is 1.27. The highest BCUT2D eigenvalue weighted by molar-refractivity contribution is 7.80. The molecule has 1 heterocycles. The van der Waals surface area contributed by atoms with E-state index in [1.807, 2.05) is 24.3 Å². The zero-order valence-electron chi connectivity index (χ0n) is 20.1. The second kappa shape index (κ2) is 13.6. The number of hydrogen-bond donors (Lipinski definition) is 9. The highest BCUT2D eigenvalue weighted by Gasteiger charge is 2.32. The van der Waals surface area contributed by atoms with Crippen LogP contribution in [0.3, 0.4) is 0 Å². The van der Waals surface area contributed by atoms with Gasteiger partial charge in [0, 0.05) is 29.3 Å². The molecular formula is C23H32N6O7S. The Morgan fingerprint density at radius 2 is 1.68 bits per heavy atom. The van der Waals surface area contributed by atoms with Crippen molar-refractivity contribution in [2.24, 2.45) is 11.5 Å². The number of para-hydroxylation sites is 1. The summed E-state index contributed by atoms with van der Waals surface area (Å²) in [5, 5.41) is 27.2. The molecule has 4 amide bonds. The largest absolute Gasteiger partial charge is 0.480 e. The van der Waals surface area contributed by atoms with Crippen LogP contribution < -0.4 is 27.4 Å². The molecule has 0 radical (unpaired) electrons. The molecule has 0 saturated heterocycles. The number of H-pyrrole nitrogens is 1. The number of aliphatic hydroxyl groups excluding tert-OH is 1. The van der Waals surface area contributed by atoms with Gasteiger partial charge in [0.15, 0.2) is 0 Å². The quantitative estimate of drug-likeness (QED) is 0.124. The van der Waals surface area contributed by atoms with E-state index in [0.29, 0.717) is 0 Å². The Morgan fingerprint density at radius 3 is 2.27 bits per heavy atom. The molecule has 0 aliphatic heterocycles. The standard InChI is InChI=1S/C23H32N6O7S/c1-11(30)19(29-20(32)14(24)8-12-9-26-15-5-3-2-4-13(12)15)22(34)28-17(10-37)21(33)27-16(23(35)36)6-7-18(25)31/h2-5,9,11,14,16-17,19,26,30,37H,6-8,10,24H2,1H3,(H2,25,31)(H,27,33)(H,28,34)(H,29,32)(H,35,36). The fourth-order valence-corrected chi connectivity index (χ4v) is 3.82. The number of benzene rings is 1. The van der Waals surface area contributed by atoms with Gasteiger partial charge >= 0.3 is 5.97 Å². The Balaban J connectivity index is 2.02. The molecule has 0 saturated carbocycles. The molecular weight excluding hydrogens is 504 g/mol. The number of thiol groups is 1. The number of primary amides is 1. The van der Waals surface area contributed by atoms with Crippen LogP contribution in [0.5, 0.6) is 0 Å². The number of aromatic nitrogens is 1. The topological polar surface area (TPSA) is 230 Å². The zero-order valence-corrected chi connectivity index (χ0v) is 21.0. The van der Waals surface area contributed by atoms with Crippen molar-refractivity contribution in [2.75, 3.05) is 5.75 Å². The maximum Gasteiger partial charge on any atom is 0.326 e. The summed E-state index contributed by atoms with van der Waals surface area (Å²) in [4.78, 5) is 63.5. The molecule has 10 N–H and O–H groups in total. The average molecular weight is 537 g/mol. The number of carbonyl (C=O) groups is 5. The first kappa shape index (κ1) is 29.6. The minimum absolute atomic E-state index is 0.160. The van der Waals surface area contributed by atoms with Crippen LogP contribution in [0.2, 0.25) is 0 Å². The normalized spacial score (nSPS) is 15.1. The minimum atomic E-state index is -1.46. The Bertz CT molecular complexity index is 1140. The summed E-state index contributed by atoms with van der Waals surface area (Å²) in [5.41, 5.74) is 12.8. The van der Waals surface area contributed by atoms with Crippen molar-refractivity contribution in [3.05, 3.63) is 36.0 Å². The number of aliphatic hydroxyl groups is 1. The number of hydrogen-bond acceptors (Lipinski definition) is 8. The molecule has 37 heavy (non-hydrogen) atoms. The van der Waals surface area contributed by atoms with Gasteiger partial charge in [-0.25, -0.2) is 4.79 Å². The van der Waals surface area contributed by atoms with Gasteiger partial charge in [0.1, 0.15) is 18.1 Å². The van der Waals surface area contributed by atoms with Gasteiger partial charge < -0.3 is 42.6 Å². The van der Waals surface area contributed by atoms with Crippen molar-refractivity contribution < 1.29 is 34.2 Å². The lowest BCUT2D eigenvalue weighted by atomic mass is 10.0. The molecule has 0 aliphatic carbocycles. The maximum atomic E-state index is 12.8. The van der Waals surface area contributed by atoms with E-state index in [9.17, 15) is 34.2 Å². The van der Waals surface area contributed by atoms with E-state index >= 15 is 0 Å². The Kier molecular flexibility index (Phi) is 10.9. The van der Waals surface area contributed by atoms with Gasteiger partial charge in [0.2, 0.25) is 23.6 Å². The number of aromatic amines is 1. The van der Waals surface area contributed by atoms with Crippen LogP contribution in [-0.2, 0) is 30.4 Å². The van der Waals surface area contributed by atoms with Crippen molar-refractivity contribution >= 4 is 53.1 Å². The summed E-state index contributed by atoms with van der Waals surface area (Å²) in [6.07, 6.45) is 0.0257. The molecule has 14 heteroatoms. The van der Waals surface area contributed by atoms with E-state index in [1.54, 1.807) is 6.20 Å². The molecule has 0 aliphatic rings. The van der Waals surface area contributed by atoms with Gasteiger partial charge in [0.05, 0.1) is 12.1 Å². The van der Waals surface area contributed by atoms with E-state index in [-0.39, 0.29) is 25.0 Å². The summed E-state index contributed by atoms with van der Waals surface area (Å²) >= 11 is 4.02. The molecule has 5 unspecified atom stereocenters. The third-order valence-electron chi connectivity index (χ3n) is 5.62. The summed E-state index contributed by atoms with van der Waals surface area (Å²) in [6, 6.07) is 2.25. The lowest BCUT2D eigenvalue weighted by Gasteiger charge is -2.25. The van der Waals surface area contributed by atoms with E-state index in [1.165, 1.54) is 6.92 Å². The van der Waals surface area contributed by atoms with E-state index < -0.39 is 59.9 Å². The number of nitrogens with one attached hydrogen (secondary N) is 4. The zero-order chi connectivity index (χ0) is 27.7. The van der Waals surface area contributed by atoms with Crippen LogP contribution in [0.15, 0.2) is 30.5 Å². The van der Waals surface area contributed by atoms with E-state index in [4.69, 9.17) is 11.5 Å². The molecule has 1 aromatic carbocycles. The first-order valence-corrected chi connectivity index (χ1v) is 12.1. The SMILES string of the molecule is CC(O)C(NC(=O)C(N)Cc1c[nH]c2ccccc12)C(=O)NC(CS)C(=O)NC(CCC(N)=O)C(=O)O. The lowest BCUT2D eigenvalue weighted by molar-refractivity contribution is -0.142. The Morgan fingerprint density at radius 1 is 1.03 bits per heavy atom. The van der Waals surface area contributed by atoms with Crippen molar-refractivity contribution in [2.45, 2.75) is 56.5 Å². The lowest BCUT2D eigenvalue weighted by Crippen LogP contribution is -2.60. The Hall–Kier alpha value is -3.62. The van der Waals surface area contributed by atoms with E-state index in [0.717, 1.165) is 16.5 Å². The van der Waals surface area contributed by atoms with Crippen molar-refractivity contribution in [3.8, 4) is 0 Å². The molecule has 0 spiro atoms. The summed E-state index contributed by atoms with van der Waals surface area (Å²) < 4.78 is 0.